The number of alkyl carbamates (subject to hydrolysis) is 1. The molecule has 23 heavy (non-hydrogen) atoms. The SMILES string of the molecule is CCCCCCC(CCC(C)=O)OC(=O)NCCN1CCCC1. The summed E-state index contributed by atoms with van der Waals surface area (Å²) in [4.78, 5) is 25.5. The van der Waals surface area contributed by atoms with Crippen LogP contribution in [0, 0.1) is 0 Å². The second kappa shape index (κ2) is 12.3. The van der Waals surface area contributed by atoms with Crippen molar-refractivity contribution in [2.24, 2.45) is 0 Å². The third-order valence-electron chi connectivity index (χ3n) is 4.37. The van der Waals surface area contributed by atoms with Crippen LogP contribution in [0.4, 0.5) is 4.79 Å². The van der Waals surface area contributed by atoms with Gasteiger partial charge in [0.1, 0.15) is 11.9 Å². The van der Waals surface area contributed by atoms with Crippen molar-refractivity contribution in [1.29, 1.82) is 0 Å². The van der Waals surface area contributed by atoms with E-state index in [9.17, 15) is 9.59 Å². The van der Waals surface area contributed by atoms with Crippen molar-refractivity contribution in [2.75, 3.05) is 26.2 Å². The molecule has 0 aliphatic carbocycles. The van der Waals surface area contributed by atoms with E-state index in [-0.39, 0.29) is 18.0 Å². The molecule has 0 saturated carbocycles. The lowest BCUT2D eigenvalue weighted by Crippen LogP contribution is -2.35. The normalized spacial score (nSPS) is 16.3. The fourth-order valence-electron chi connectivity index (χ4n) is 2.94. The molecule has 1 aliphatic rings. The highest BCUT2D eigenvalue weighted by Crippen LogP contribution is 2.13. The lowest BCUT2D eigenvalue weighted by atomic mass is 10.0. The Bertz CT molecular complexity index is 341. The largest absolute Gasteiger partial charge is 0.446 e. The van der Waals surface area contributed by atoms with Crippen molar-refractivity contribution in [3.8, 4) is 0 Å². The molecule has 1 saturated heterocycles. The summed E-state index contributed by atoms with van der Waals surface area (Å²) in [5.41, 5.74) is 0. The number of nitrogens with zero attached hydrogens (tertiary/aromatic N) is 1. The van der Waals surface area contributed by atoms with Gasteiger partial charge in [-0.3, -0.25) is 0 Å². The monoisotopic (exact) mass is 326 g/mol. The first-order valence-corrected chi connectivity index (χ1v) is 9.28. The van der Waals surface area contributed by atoms with Crippen LogP contribution in [0.5, 0.6) is 0 Å². The molecular formula is C18H34N2O3. The zero-order valence-electron chi connectivity index (χ0n) is 14.9. The molecule has 134 valence electrons. The number of amides is 1. The van der Waals surface area contributed by atoms with Gasteiger partial charge >= 0.3 is 6.09 Å². The van der Waals surface area contributed by atoms with Gasteiger partial charge in [0, 0.05) is 19.5 Å². The molecule has 0 aromatic heterocycles. The maximum Gasteiger partial charge on any atom is 0.407 e. The van der Waals surface area contributed by atoms with Gasteiger partial charge in [0.05, 0.1) is 0 Å². The summed E-state index contributed by atoms with van der Waals surface area (Å²) in [7, 11) is 0. The first-order chi connectivity index (χ1) is 11.1. The van der Waals surface area contributed by atoms with E-state index in [0.717, 1.165) is 38.9 Å². The van der Waals surface area contributed by atoms with E-state index in [4.69, 9.17) is 4.74 Å². The average molecular weight is 326 g/mol. The number of nitrogens with one attached hydrogen (secondary N) is 1. The Labute approximate surface area is 141 Å². The van der Waals surface area contributed by atoms with Crippen LogP contribution in [0.25, 0.3) is 0 Å². The Morgan fingerprint density at radius 3 is 2.52 bits per heavy atom. The standard InChI is InChI=1S/C18H34N2O3/c1-3-4-5-6-9-17(11-10-16(2)21)23-18(22)19-12-15-20-13-7-8-14-20/h17H,3-15H2,1-2H3,(H,19,22). The van der Waals surface area contributed by atoms with E-state index in [2.05, 4.69) is 17.1 Å². The average Bonchev–Trinajstić information content (AvgIpc) is 3.02. The number of rotatable bonds is 12. The van der Waals surface area contributed by atoms with Crippen molar-refractivity contribution >= 4 is 11.9 Å². The molecule has 1 atom stereocenters. The van der Waals surface area contributed by atoms with Crippen LogP contribution < -0.4 is 5.32 Å². The van der Waals surface area contributed by atoms with Gasteiger partial charge in [-0.2, -0.15) is 0 Å². The van der Waals surface area contributed by atoms with E-state index in [1.165, 1.54) is 25.7 Å². The molecule has 0 aromatic carbocycles. The van der Waals surface area contributed by atoms with E-state index >= 15 is 0 Å². The minimum absolute atomic E-state index is 0.137. The Morgan fingerprint density at radius 2 is 1.87 bits per heavy atom. The molecular weight excluding hydrogens is 292 g/mol. The maximum atomic E-state index is 11.9. The summed E-state index contributed by atoms with van der Waals surface area (Å²) < 4.78 is 5.53. The van der Waals surface area contributed by atoms with Gasteiger partial charge in [-0.15, -0.1) is 0 Å². The van der Waals surface area contributed by atoms with Gasteiger partial charge in [-0.25, -0.2) is 4.79 Å². The van der Waals surface area contributed by atoms with Crippen LogP contribution in [0.1, 0.15) is 71.6 Å². The van der Waals surface area contributed by atoms with E-state index in [0.29, 0.717) is 19.4 Å². The predicted octanol–water partition coefficient (Wildman–Crippen LogP) is 3.52. The van der Waals surface area contributed by atoms with Crippen LogP contribution in [0.3, 0.4) is 0 Å². The predicted molar refractivity (Wildman–Crippen MR) is 92.6 cm³/mol. The molecule has 0 spiro atoms. The Balaban J connectivity index is 2.22. The quantitative estimate of drug-likeness (QED) is 0.558. The van der Waals surface area contributed by atoms with Crippen molar-refractivity contribution in [3.63, 3.8) is 0 Å². The van der Waals surface area contributed by atoms with Crippen LogP contribution >= 0.6 is 0 Å². The van der Waals surface area contributed by atoms with E-state index in [1.54, 1.807) is 6.92 Å². The number of ketones is 1. The van der Waals surface area contributed by atoms with Gasteiger partial charge in [0.15, 0.2) is 0 Å². The highest BCUT2D eigenvalue weighted by atomic mass is 16.6. The van der Waals surface area contributed by atoms with Gasteiger partial charge in [-0.1, -0.05) is 26.2 Å². The molecule has 1 fully saturated rings. The highest BCUT2D eigenvalue weighted by molar-refractivity contribution is 5.75. The molecule has 0 radical (unpaired) electrons. The fourth-order valence-corrected chi connectivity index (χ4v) is 2.94. The van der Waals surface area contributed by atoms with Gasteiger partial charge in [0.25, 0.3) is 0 Å². The summed E-state index contributed by atoms with van der Waals surface area (Å²) in [6, 6.07) is 0. The first-order valence-electron chi connectivity index (χ1n) is 9.28. The summed E-state index contributed by atoms with van der Waals surface area (Å²) in [6.45, 7) is 7.56. The molecule has 1 N–H and O–H groups in total. The molecule has 1 heterocycles. The highest BCUT2D eigenvalue weighted by Gasteiger charge is 2.16. The van der Waals surface area contributed by atoms with E-state index < -0.39 is 0 Å². The Morgan fingerprint density at radius 1 is 1.13 bits per heavy atom. The summed E-state index contributed by atoms with van der Waals surface area (Å²) in [5.74, 6) is 0.154. The molecule has 1 unspecified atom stereocenters. The summed E-state index contributed by atoms with van der Waals surface area (Å²) in [6.07, 6.45) is 8.63. The zero-order chi connectivity index (χ0) is 16.9. The lowest BCUT2D eigenvalue weighted by molar-refractivity contribution is -0.117. The fraction of sp³-hybridized carbons (Fsp3) is 0.889. The second-order valence-electron chi connectivity index (χ2n) is 6.59. The van der Waals surface area contributed by atoms with Crippen LogP contribution in [0.2, 0.25) is 0 Å². The van der Waals surface area contributed by atoms with Crippen LogP contribution in [-0.4, -0.2) is 49.1 Å². The number of likely N-dealkylation sites (tertiary alicyclic amines) is 1. The molecule has 5 nitrogen and oxygen atoms in total. The third kappa shape index (κ3) is 10.3. The number of carbonyl (C=O) groups is 2. The van der Waals surface area contributed by atoms with Crippen molar-refractivity contribution in [2.45, 2.75) is 77.7 Å². The van der Waals surface area contributed by atoms with Gasteiger partial charge in [-0.05, 0) is 52.1 Å². The number of hydrogen-bond acceptors (Lipinski definition) is 4. The Hall–Kier alpha value is -1.10. The number of carbonyl (C=O) groups excluding carboxylic acids is 2. The number of hydrogen-bond donors (Lipinski definition) is 1. The minimum atomic E-state index is -0.340. The molecule has 0 aromatic rings. The molecule has 5 heteroatoms. The molecule has 0 bridgehead atoms. The summed E-state index contributed by atoms with van der Waals surface area (Å²) in [5, 5.41) is 2.84. The topological polar surface area (TPSA) is 58.6 Å². The second-order valence-corrected chi connectivity index (χ2v) is 6.59. The maximum absolute atomic E-state index is 11.9. The molecule has 1 rings (SSSR count). The zero-order valence-corrected chi connectivity index (χ0v) is 14.9. The van der Waals surface area contributed by atoms with Gasteiger partial charge in [0.2, 0.25) is 0 Å². The van der Waals surface area contributed by atoms with Crippen LogP contribution in [-0.2, 0) is 9.53 Å². The lowest BCUT2D eigenvalue weighted by Gasteiger charge is -2.19. The third-order valence-corrected chi connectivity index (χ3v) is 4.37. The first kappa shape index (κ1) is 19.9. The van der Waals surface area contributed by atoms with E-state index in [1.807, 2.05) is 0 Å². The number of ether oxygens (including phenoxy) is 1. The van der Waals surface area contributed by atoms with Crippen molar-refractivity contribution < 1.29 is 14.3 Å². The number of Topliss-reactive ketones (excluding diaryl/α,β-unsaturated/α-hetero) is 1. The van der Waals surface area contributed by atoms with Crippen molar-refractivity contribution in [3.05, 3.63) is 0 Å². The molecule has 1 amide bonds. The van der Waals surface area contributed by atoms with Crippen LogP contribution in [0.15, 0.2) is 0 Å². The van der Waals surface area contributed by atoms with Gasteiger partial charge < -0.3 is 19.7 Å². The summed E-state index contributed by atoms with van der Waals surface area (Å²) >= 11 is 0. The smallest absolute Gasteiger partial charge is 0.407 e. The van der Waals surface area contributed by atoms with Crippen molar-refractivity contribution in [1.82, 2.24) is 10.2 Å². The number of unbranched alkanes of at least 4 members (excludes halogenated alkanes) is 3. The minimum Gasteiger partial charge on any atom is -0.446 e. The Kier molecular flexibility index (Phi) is 10.7. The molecule has 1 aliphatic heterocycles.